The van der Waals surface area contributed by atoms with Crippen molar-refractivity contribution in [3.63, 3.8) is 0 Å². The van der Waals surface area contributed by atoms with Gasteiger partial charge < -0.3 is 15.0 Å². The van der Waals surface area contributed by atoms with Crippen molar-refractivity contribution in [2.75, 3.05) is 20.2 Å². The maximum Gasteiger partial charge on any atom is 0.325 e. The summed E-state index contributed by atoms with van der Waals surface area (Å²) in [6.07, 6.45) is 4.51. The smallest absolute Gasteiger partial charge is 0.325 e. The molecule has 0 bridgehead atoms. The molecule has 0 aromatic rings. The van der Waals surface area contributed by atoms with Gasteiger partial charge in [-0.1, -0.05) is 19.8 Å². The second-order valence-electron chi connectivity index (χ2n) is 5.00. The first-order chi connectivity index (χ1) is 8.54. The number of nitrogens with zero attached hydrogens (tertiary/aromatic N) is 1. The summed E-state index contributed by atoms with van der Waals surface area (Å²) in [4.78, 5) is 24.7. The van der Waals surface area contributed by atoms with E-state index >= 15 is 0 Å². The number of esters is 1. The number of hydrogen-bond acceptors (Lipinski definition) is 3. The molecule has 1 rings (SSSR count). The van der Waals surface area contributed by atoms with Gasteiger partial charge in [0.2, 0.25) is 0 Å². The van der Waals surface area contributed by atoms with Crippen LogP contribution in [0.15, 0.2) is 0 Å². The molecule has 1 fully saturated rings. The van der Waals surface area contributed by atoms with Crippen molar-refractivity contribution < 1.29 is 14.3 Å². The Morgan fingerprint density at radius 2 is 2.11 bits per heavy atom. The lowest BCUT2D eigenvalue weighted by Crippen LogP contribution is -2.46. The van der Waals surface area contributed by atoms with Crippen LogP contribution in [-0.4, -0.2) is 43.1 Å². The molecule has 2 amide bonds. The molecule has 0 aliphatic heterocycles. The molecule has 0 heterocycles. The molecule has 1 aliphatic rings. The topological polar surface area (TPSA) is 58.6 Å². The van der Waals surface area contributed by atoms with Crippen molar-refractivity contribution >= 4 is 12.0 Å². The summed E-state index contributed by atoms with van der Waals surface area (Å²) in [7, 11) is 1.79. The molecule has 0 aromatic carbocycles. The van der Waals surface area contributed by atoms with E-state index in [0.717, 1.165) is 12.8 Å². The summed E-state index contributed by atoms with van der Waals surface area (Å²) in [5.74, 6) is 0.278. The molecule has 0 saturated heterocycles. The van der Waals surface area contributed by atoms with E-state index in [9.17, 15) is 9.59 Å². The van der Waals surface area contributed by atoms with E-state index in [1.54, 1.807) is 18.9 Å². The molecule has 5 heteroatoms. The first-order valence-corrected chi connectivity index (χ1v) is 6.70. The Balaban J connectivity index is 2.34. The maximum absolute atomic E-state index is 11.9. The van der Waals surface area contributed by atoms with E-state index in [-0.39, 0.29) is 18.6 Å². The summed E-state index contributed by atoms with van der Waals surface area (Å²) in [5, 5.41) is 2.59. The molecule has 0 radical (unpaired) electrons. The third-order valence-electron chi connectivity index (χ3n) is 3.47. The molecule has 18 heavy (non-hydrogen) atoms. The van der Waals surface area contributed by atoms with Gasteiger partial charge in [0, 0.05) is 13.1 Å². The second-order valence-corrected chi connectivity index (χ2v) is 5.00. The van der Waals surface area contributed by atoms with Crippen molar-refractivity contribution in [1.82, 2.24) is 10.2 Å². The number of amides is 2. The molecule has 0 aromatic heterocycles. The molecule has 1 N–H and O–H groups in total. The Bertz CT molecular complexity index is 294. The Hall–Kier alpha value is -1.26. The maximum atomic E-state index is 11.9. The van der Waals surface area contributed by atoms with E-state index in [0.29, 0.717) is 12.5 Å². The van der Waals surface area contributed by atoms with Crippen molar-refractivity contribution in [3.8, 4) is 0 Å². The highest BCUT2D eigenvalue weighted by molar-refractivity contribution is 5.80. The van der Waals surface area contributed by atoms with Crippen LogP contribution in [0.3, 0.4) is 0 Å². The van der Waals surface area contributed by atoms with E-state index in [2.05, 4.69) is 12.2 Å². The molecule has 5 nitrogen and oxygen atoms in total. The fourth-order valence-electron chi connectivity index (χ4n) is 2.40. The molecule has 0 spiro atoms. The van der Waals surface area contributed by atoms with E-state index < -0.39 is 5.97 Å². The van der Waals surface area contributed by atoms with Crippen LogP contribution in [0.2, 0.25) is 0 Å². The van der Waals surface area contributed by atoms with Crippen LogP contribution in [0, 0.1) is 5.92 Å². The second kappa shape index (κ2) is 7.24. The van der Waals surface area contributed by atoms with E-state index in [4.69, 9.17) is 4.74 Å². The number of urea groups is 1. The zero-order valence-electron chi connectivity index (χ0n) is 11.6. The largest absolute Gasteiger partial charge is 0.465 e. The van der Waals surface area contributed by atoms with Gasteiger partial charge in [0.05, 0.1) is 6.61 Å². The van der Waals surface area contributed by atoms with Crippen molar-refractivity contribution in [2.45, 2.75) is 45.6 Å². The molecular weight excluding hydrogens is 232 g/mol. The van der Waals surface area contributed by atoms with Crippen LogP contribution in [0.25, 0.3) is 0 Å². The van der Waals surface area contributed by atoms with Gasteiger partial charge in [0.1, 0.15) is 6.54 Å². The van der Waals surface area contributed by atoms with Gasteiger partial charge in [0.15, 0.2) is 0 Å². The molecule has 104 valence electrons. The van der Waals surface area contributed by atoms with Gasteiger partial charge >= 0.3 is 12.0 Å². The minimum Gasteiger partial charge on any atom is -0.465 e. The van der Waals surface area contributed by atoms with Gasteiger partial charge in [-0.15, -0.1) is 0 Å². The number of hydrogen-bond donors (Lipinski definition) is 1. The Kier molecular flexibility index (Phi) is 5.95. The number of carbonyl (C=O) groups excluding carboxylic acids is 2. The SMILES string of the molecule is CCOC(=O)CNC(=O)N(C)C1CCCC(C)C1. The summed E-state index contributed by atoms with van der Waals surface area (Å²) < 4.78 is 4.76. The van der Waals surface area contributed by atoms with Crippen molar-refractivity contribution in [2.24, 2.45) is 5.92 Å². The number of nitrogens with one attached hydrogen (secondary N) is 1. The Labute approximate surface area is 109 Å². The highest BCUT2D eigenvalue weighted by Crippen LogP contribution is 2.26. The van der Waals surface area contributed by atoms with Gasteiger partial charge in [-0.25, -0.2) is 4.79 Å². The fraction of sp³-hybridized carbons (Fsp3) is 0.846. The van der Waals surface area contributed by atoms with Crippen LogP contribution in [0.1, 0.15) is 39.5 Å². The van der Waals surface area contributed by atoms with Gasteiger partial charge in [-0.05, 0) is 25.7 Å². The monoisotopic (exact) mass is 256 g/mol. The average molecular weight is 256 g/mol. The molecular formula is C13H24N2O3. The molecule has 2 atom stereocenters. The van der Waals surface area contributed by atoms with Crippen molar-refractivity contribution in [1.29, 1.82) is 0 Å². The number of ether oxygens (including phenoxy) is 1. The van der Waals surface area contributed by atoms with Crippen LogP contribution >= 0.6 is 0 Å². The normalized spacial score (nSPS) is 23.3. The third kappa shape index (κ3) is 4.55. The highest BCUT2D eigenvalue weighted by Gasteiger charge is 2.25. The standard InChI is InChI=1S/C13H24N2O3/c1-4-18-12(16)9-14-13(17)15(3)11-7-5-6-10(2)8-11/h10-11H,4-9H2,1-3H3,(H,14,17). The molecule has 1 aliphatic carbocycles. The lowest BCUT2D eigenvalue weighted by molar-refractivity contribution is -0.141. The number of rotatable bonds is 4. The Morgan fingerprint density at radius 1 is 1.39 bits per heavy atom. The van der Waals surface area contributed by atoms with E-state index in [1.165, 1.54) is 12.8 Å². The summed E-state index contributed by atoms with van der Waals surface area (Å²) >= 11 is 0. The summed E-state index contributed by atoms with van der Waals surface area (Å²) in [5.41, 5.74) is 0. The minimum absolute atomic E-state index is 0.0563. The molecule has 1 saturated carbocycles. The highest BCUT2D eigenvalue weighted by atomic mass is 16.5. The average Bonchev–Trinajstić information content (AvgIpc) is 2.35. The lowest BCUT2D eigenvalue weighted by atomic mass is 9.86. The van der Waals surface area contributed by atoms with Crippen LogP contribution in [0.5, 0.6) is 0 Å². The lowest BCUT2D eigenvalue weighted by Gasteiger charge is -2.34. The predicted molar refractivity (Wildman–Crippen MR) is 69.2 cm³/mol. The van der Waals surface area contributed by atoms with Gasteiger partial charge in [-0.2, -0.15) is 0 Å². The minimum atomic E-state index is -0.392. The number of carbonyl (C=O) groups is 2. The molecule has 2 unspecified atom stereocenters. The third-order valence-corrected chi connectivity index (χ3v) is 3.47. The van der Waals surface area contributed by atoms with Gasteiger partial charge in [-0.3, -0.25) is 4.79 Å². The summed E-state index contributed by atoms with van der Waals surface area (Å²) in [6, 6.07) is 0.0955. The van der Waals surface area contributed by atoms with Crippen LogP contribution in [-0.2, 0) is 9.53 Å². The fourth-order valence-corrected chi connectivity index (χ4v) is 2.40. The van der Waals surface area contributed by atoms with E-state index in [1.807, 2.05) is 0 Å². The quantitative estimate of drug-likeness (QED) is 0.780. The Morgan fingerprint density at radius 3 is 2.72 bits per heavy atom. The van der Waals surface area contributed by atoms with Crippen LogP contribution < -0.4 is 5.32 Å². The zero-order chi connectivity index (χ0) is 13.5. The first kappa shape index (κ1) is 14.8. The predicted octanol–water partition coefficient (Wildman–Crippen LogP) is 1.77. The summed E-state index contributed by atoms with van der Waals surface area (Å²) in [6.45, 7) is 4.25. The van der Waals surface area contributed by atoms with Crippen LogP contribution in [0.4, 0.5) is 4.79 Å². The zero-order valence-corrected chi connectivity index (χ0v) is 11.6. The first-order valence-electron chi connectivity index (χ1n) is 6.70. The van der Waals surface area contributed by atoms with Crippen molar-refractivity contribution in [3.05, 3.63) is 0 Å². The van der Waals surface area contributed by atoms with Gasteiger partial charge in [0.25, 0.3) is 0 Å².